The van der Waals surface area contributed by atoms with Gasteiger partial charge < -0.3 is 4.74 Å². The molecule has 31 heavy (non-hydrogen) atoms. The zero-order chi connectivity index (χ0) is 21.7. The van der Waals surface area contributed by atoms with E-state index in [-0.39, 0.29) is 0 Å². The van der Waals surface area contributed by atoms with Gasteiger partial charge in [-0.15, -0.1) is 0 Å². The molecule has 0 aliphatic heterocycles. The van der Waals surface area contributed by atoms with Crippen LogP contribution in [0.2, 0.25) is 0 Å². The topological polar surface area (TPSA) is 9.23 Å². The molecule has 1 aliphatic carbocycles. The van der Waals surface area contributed by atoms with Crippen LogP contribution in [0, 0.1) is 17.8 Å². The molecule has 0 unspecified atom stereocenters. The van der Waals surface area contributed by atoms with E-state index in [1.54, 1.807) is 0 Å². The molecule has 0 amide bonds. The average molecular weight is 417 g/mol. The molecule has 1 saturated carbocycles. The molecule has 0 atom stereocenters. The minimum absolute atomic E-state index is 0.543. The fraction of sp³-hybridized carbons (Fsp3) is 0.533. The zero-order valence-electron chi connectivity index (χ0n) is 19.7. The fourth-order valence-corrected chi connectivity index (χ4v) is 4.47. The van der Waals surface area contributed by atoms with Gasteiger partial charge in [0.25, 0.3) is 0 Å². The standard InChI is InChI=1S/C30H40O/c1-3-5-7-9-25-10-12-26(13-11-25)14-15-27-16-18-28(19-17-27)29-20-22-30(23-21-29)31-24-8-6-4-2/h10-13,20-23,27-28H,3-9,16-19,24H2,1-2H3/t27-,28-. The zero-order valence-corrected chi connectivity index (χ0v) is 19.7. The van der Waals surface area contributed by atoms with E-state index in [2.05, 4.69) is 74.2 Å². The lowest BCUT2D eigenvalue weighted by Crippen LogP contribution is -2.12. The van der Waals surface area contributed by atoms with Crippen molar-refractivity contribution < 1.29 is 4.74 Å². The SMILES string of the molecule is CCCCCOc1ccc([C@H]2CC[C@H](C#Cc3ccc(CCCCC)cc3)CC2)cc1. The van der Waals surface area contributed by atoms with Gasteiger partial charge in [0.2, 0.25) is 0 Å². The third-order valence-electron chi connectivity index (χ3n) is 6.54. The van der Waals surface area contributed by atoms with Crippen LogP contribution in [0.3, 0.4) is 0 Å². The number of ether oxygens (including phenoxy) is 1. The van der Waals surface area contributed by atoms with Gasteiger partial charge in [-0.05, 0) is 86.3 Å². The maximum Gasteiger partial charge on any atom is 0.119 e. The summed E-state index contributed by atoms with van der Waals surface area (Å²) in [5.74, 6) is 9.22. The van der Waals surface area contributed by atoms with Crippen LogP contribution >= 0.6 is 0 Å². The molecular formula is C30H40O. The molecule has 1 aliphatic rings. The van der Waals surface area contributed by atoms with Crippen molar-refractivity contribution in [2.75, 3.05) is 6.61 Å². The molecule has 3 rings (SSSR count). The second-order valence-electron chi connectivity index (χ2n) is 9.10. The first-order valence-electron chi connectivity index (χ1n) is 12.6. The van der Waals surface area contributed by atoms with Crippen molar-refractivity contribution in [1.29, 1.82) is 0 Å². The van der Waals surface area contributed by atoms with Gasteiger partial charge >= 0.3 is 0 Å². The monoisotopic (exact) mass is 416 g/mol. The molecule has 2 aromatic carbocycles. The van der Waals surface area contributed by atoms with Crippen LogP contribution < -0.4 is 4.74 Å². The maximum absolute atomic E-state index is 5.85. The highest BCUT2D eigenvalue weighted by molar-refractivity contribution is 5.37. The van der Waals surface area contributed by atoms with Crippen LogP contribution in [0.5, 0.6) is 5.75 Å². The highest BCUT2D eigenvalue weighted by atomic mass is 16.5. The number of unbranched alkanes of at least 4 members (excludes halogenated alkanes) is 4. The molecule has 0 heterocycles. The third-order valence-corrected chi connectivity index (χ3v) is 6.54. The van der Waals surface area contributed by atoms with Gasteiger partial charge in [-0.25, -0.2) is 0 Å². The normalized spacial score (nSPS) is 18.3. The van der Waals surface area contributed by atoms with Crippen LogP contribution in [0.4, 0.5) is 0 Å². The Labute approximate surface area is 190 Å². The van der Waals surface area contributed by atoms with E-state index in [9.17, 15) is 0 Å². The van der Waals surface area contributed by atoms with Crippen molar-refractivity contribution >= 4 is 0 Å². The Bertz CT molecular complexity index is 798. The summed E-state index contributed by atoms with van der Waals surface area (Å²) in [5, 5.41) is 0. The molecule has 0 aromatic heterocycles. The van der Waals surface area contributed by atoms with Crippen LogP contribution in [-0.4, -0.2) is 6.61 Å². The summed E-state index contributed by atoms with van der Waals surface area (Å²) >= 11 is 0. The fourth-order valence-electron chi connectivity index (χ4n) is 4.47. The highest BCUT2D eigenvalue weighted by Gasteiger charge is 2.21. The van der Waals surface area contributed by atoms with Crippen LogP contribution in [0.15, 0.2) is 48.5 Å². The Morgan fingerprint density at radius 3 is 2.13 bits per heavy atom. The summed E-state index contributed by atoms with van der Waals surface area (Å²) in [6, 6.07) is 17.8. The summed E-state index contributed by atoms with van der Waals surface area (Å²) in [5.41, 5.74) is 4.07. The largest absolute Gasteiger partial charge is 0.494 e. The second kappa shape index (κ2) is 13.3. The van der Waals surface area contributed by atoms with Gasteiger partial charge in [0, 0.05) is 11.5 Å². The quantitative estimate of drug-likeness (QED) is 0.279. The van der Waals surface area contributed by atoms with E-state index in [0.717, 1.165) is 24.3 Å². The van der Waals surface area contributed by atoms with Gasteiger partial charge in [-0.2, -0.15) is 0 Å². The van der Waals surface area contributed by atoms with Crippen molar-refractivity contribution in [2.45, 2.75) is 90.4 Å². The number of hydrogen-bond donors (Lipinski definition) is 0. The molecule has 1 nitrogen and oxygen atoms in total. The molecule has 1 heteroatoms. The molecule has 0 spiro atoms. The first-order chi connectivity index (χ1) is 15.3. The maximum atomic E-state index is 5.85. The molecule has 2 aromatic rings. The van der Waals surface area contributed by atoms with Crippen LogP contribution in [0.25, 0.3) is 0 Å². The lowest BCUT2D eigenvalue weighted by molar-refractivity contribution is 0.306. The molecule has 0 saturated heterocycles. The Morgan fingerprint density at radius 2 is 1.45 bits per heavy atom. The minimum Gasteiger partial charge on any atom is -0.494 e. The first kappa shape index (κ1) is 23.5. The summed E-state index contributed by atoms with van der Waals surface area (Å²) in [6.45, 7) is 5.31. The molecule has 166 valence electrons. The predicted octanol–water partition coefficient (Wildman–Crippen LogP) is 8.31. The van der Waals surface area contributed by atoms with E-state index < -0.39 is 0 Å². The van der Waals surface area contributed by atoms with Crippen molar-refractivity contribution in [3.05, 3.63) is 65.2 Å². The Kier molecular flexibility index (Phi) is 10.0. The smallest absolute Gasteiger partial charge is 0.119 e. The van der Waals surface area contributed by atoms with Gasteiger partial charge in [-0.1, -0.05) is 75.6 Å². The minimum atomic E-state index is 0.543. The lowest BCUT2D eigenvalue weighted by atomic mass is 9.79. The van der Waals surface area contributed by atoms with Gasteiger partial charge in [0.15, 0.2) is 0 Å². The summed E-state index contributed by atoms with van der Waals surface area (Å²) in [6.07, 6.45) is 13.6. The first-order valence-corrected chi connectivity index (χ1v) is 12.6. The van der Waals surface area contributed by atoms with E-state index in [4.69, 9.17) is 4.74 Å². The highest BCUT2D eigenvalue weighted by Crippen LogP contribution is 2.36. The van der Waals surface area contributed by atoms with Gasteiger partial charge in [0.1, 0.15) is 5.75 Å². The Hall–Kier alpha value is -2.20. The predicted molar refractivity (Wildman–Crippen MR) is 133 cm³/mol. The molecule has 0 N–H and O–H groups in total. The molecular weight excluding hydrogens is 376 g/mol. The van der Waals surface area contributed by atoms with Crippen molar-refractivity contribution in [1.82, 2.24) is 0 Å². The molecule has 0 radical (unpaired) electrons. The Balaban J connectivity index is 1.42. The summed E-state index contributed by atoms with van der Waals surface area (Å²) in [7, 11) is 0. The average Bonchev–Trinajstić information content (AvgIpc) is 2.82. The molecule has 1 fully saturated rings. The number of aryl methyl sites for hydroxylation is 1. The number of hydrogen-bond acceptors (Lipinski definition) is 1. The van der Waals surface area contributed by atoms with Crippen LogP contribution in [0.1, 0.15) is 101 Å². The van der Waals surface area contributed by atoms with E-state index >= 15 is 0 Å². The third kappa shape index (κ3) is 8.10. The van der Waals surface area contributed by atoms with Crippen molar-refractivity contribution in [3.63, 3.8) is 0 Å². The van der Waals surface area contributed by atoms with E-state index in [0.29, 0.717) is 11.8 Å². The van der Waals surface area contributed by atoms with Crippen molar-refractivity contribution in [2.24, 2.45) is 5.92 Å². The second-order valence-corrected chi connectivity index (χ2v) is 9.10. The Morgan fingerprint density at radius 1 is 0.774 bits per heavy atom. The van der Waals surface area contributed by atoms with E-state index in [1.807, 2.05) is 0 Å². The molecule has 0 bridgehead atoms. The summed E-state index contributed by atoms with van der Waals surface area (Å²) < 4.78 is 5.85. The van der Waals surface area contributed by atoms with Crippen LogP contribution in [-0.2, 0) is 6.42 Å². The van der Waals surface area contributed by atoms with Gasteiger partial charge in [0.05, 0.1) is 6.61 Å². The lowest BCUT2D eigenvalue weighted by Gasteiger charge is -2.26. The number of benzene rings is 2. The van der Waals surface area contributed by atoms with Crippen molar-refractivity contribution in [3.8, 4) is 17.6 Å². The van der Waals surface area contributed by atoms with E-state index in [1.165, 1.54) is 75.3 Å². The number of rotatable bonds is 10. The van der Waals surface area contributed by atoms with Gasteiger partial charge in [-0.3, -0.25) is 0 Å². The summed E-state index contributed by atoms with van der Waals surface area (Å²) in [4.78, 5) is 0.